The number of fused-ring (bicyclic) bond motifs is 1. The molecular formula is C14H17N3O. The molecule has 0 radical (unpaired) electrons. The molecule has 1 aliphatic rings. The van der Waals surface area contributed by atoms with E-state index in [0.29, 0.717) is 6.61 Å². The highest BCUT2D eigenvalue weighted by atomic mass is 16.5. The summed E-state index contributed by atoms with van der Waals surface area (Å²) in [6.07, 6.45) is 2.98. The second-order valence-corrected chi connectivity index (χ2v) is 4.42. The van der Waals surface area contributed by atoms with Gasteiger partial charge in [0, 0.05) is 25.2 Å². The number of nitrogens with zero attached hydrogens (tertiary/aromatic N) is 2. The summed E-state index contributed by atoms with van der Waals surface area (Å²) >= 11 is 0. The molecule has 4 heteroatoms. The molecule has 1 aromatic heterocycles. The van der Waals surface area contributed by atoms with Gasteiger partial charge < -0.3 is 14.6 Å². The highest BCUT2D eigenvalue weighted by Crippen LogP contribution is 2.13. The average molecular weight is 243 g/mol. The molecule has 94 valence electrons. The molecule has 2 aromatic rings. The Kier molecular flexibility index (Phi) is 3.28. The van der Waals surface area contributed by atoms with E-state index in [1.165, 1.54) is 11.4 Å². The van der Waals surface area contributed by atoms with E-state index >= 15 is 0 Å². The van der Waals surface area contributed by atoms with Crippen molar-refractivity contribution in [2.75, 3.05) is 13.2 Å². The predicted octanol–water partition coefficient (Wildman–Crippen LogP) is 1.61. The van der Waals surface area contributed by atoms with E-state index < -0.39 is 0 Å². The summed E-state index contributed by atoms with van der Waals surface area (Å²) in [5.41, 5.74) is 2.53. The van der Waals surface area contributed by atoms with Crippen LogP contribution in [-0.4, -0.2) is 22.7 Å². The number of benzene rings is 1. The van der Waals surface area contributed by atoms with Crippen molar-refractivity contribution >= 4 is 0 Å². The van der Waals surface area contributed by atoms with Crippen LogP contribution < -0.4 is 10.1 Å². The SMILES string of the molecule is c1ccc(OCCn2cnc3c2CCNC3)cc1. The van der Waals surface area contributed by atoms with Crippen LogP contribution in [0.4, 0.5) is 0 Å². The smallest absolute Gasteiger partial charge is 0.119 e. The van der Waals surface area contributed by atoms with Gasteiger partial charge in [0.1, 0.15) is 12.4 Å². The first-order valence-corrected chi connectivity index (χ1v) is 6.35. The van der Waals surface area contributed by atoms with Crippen LogP contribution in [0.1, 0.15) is 11.4 Å². The fourth-order valence-electron chi connectivity index (χ4n) is 2.27. The molecule has 0 fully saturated rings. The average Bonchev–Trinajstić information content (AvgIpc) is 2.84. The third-order valence-electron chi connectivity index (χ3n) is 3.21. The molecule has 0 aliphatic carbocycles. The van der Waals surface area contributed by atoms with Gasteiger partial charge in [0.15, 0.2) is 0 Å². The number of hydrogen-bond donors (Lipinski definition) is 1. The lowest BCUT2D eigenvalue weighted by Crippen LogP contribution is -2.25. The van der Waals surface area contributed by atoms with E-state index in [9.17, 15) is 0 Å². The number of imidazole rings is 1. The van der Waals surface area contributed by atoms with Crippen LogP contribution in [0.25, 0.3) is 0 Å². The maximum atomic E-state index is 5.71. The Balaban J connectivity index is 1.59. The Morgan fingerprint density at radius 2 is 2.17 bits per heavy atom. The quantitative estimate of drug-likeness (QED) is 0.886. The first-order valence-electron chi connectivity index (χ1n) is 6.35. The molecule has 0 saturated carbocycles. The molecule has 0 atom stereocenters. The van der Waals surface area contributed by atoms with E-state index in [1.54, 1.807) is 0 Å². The van der Waals surface area contributed by atoms with Gasteiger partial charge in [-0.1, -0.05) is 18.2 Å². The predicted molar refractivity (Wildman–Crippen MR) is 69.6 cm³/mol. The van der Waals surface area contributed by atoms with Crippen molar-refractivity contribution in [2.45, 2.75) is 19.5 Å². The van der Waals surface area contributed by atoms with E-state index in [0.717, 1.165) is 31.8 Å². The molecular weight excluding hydrogens is 226 g/mol. The lowest BCUT2D eigenvalue weighted by atomic mass is 10.2. The third-order valence-corrected chi connectivity index (χ3v) is 3.21. The molecule has 0 bridgehead atoms. The van der Waals surface area contributed by atoms with Crippen molar-refractivity contribution in [1.82, 2.24) is 14.9 Å². The van der Waals surface area contributed by atoms with Crippen molar-refractivity contribution in [2.24, 2.45) is 0 Å². The van der Waals surface area contributed by atoms with E-state index in [4.69, 9.17) is 4.74 Å². The summed E-state index contributed by atoms with van der Waals surface area (Å²) < 4.78 is 7.91. The zero-order valence-electron chi connectivity index (χ0n) is 10.3. The van der Waals surface area contributed by atoms with E-state index in [2.05, 4.69) is 14.9 Å². The molecule has 4 nitrogen and oxygen atoms in total. The van der Waals surface area contributed by atoms with Gasteiger partial charge >= 0.3 is 0 Å². The Hall–Kier alpha value is -1.81. The van der Waals surface area contributed by atoms with Crippen LogP contribution in [0.5, 0.6) is 5.75 Å². The molecule has 0 unspecified atom stereocenters. The largest absolute Gasteiger partial charge is 0.492 e. The number of hydrogen-bond acceptors (Lipinski definition) is 3. The highest BCUT2D eigenvalue weighted by molar-refractivity contribution is 5.21. The van der Waals surface area contributed by atoms with Crippen LogP contribution in [0, 0.1) is 0 Å². The van der Waals surface area contributed by atoms with Gasteiger partial charge in [-0.15, -0.1) is 0 Å². The van der Waals surface area contributed by atoms with Gasteiger partial charge in [-0.2, -0.15) is 0 Å². The first kappa shape index (κ1) is 11.3. The highest BCUT2D eigenvalue weighted by Gasteiger charge is 2.14. The maximum absolute atomic E-state index is 5.71. The fourth-order valence-corrected chi connectivity index (χ4v) is 2.27. The van der Waals surface area contributed by atoms with Crippen molar-refractivity contribution in [1.29, 1.82) is 0 Å². The van der Waals surface area contributed by atoms with Gasteiger partial charge in [-0.3, -0.25) is 0 Å². The van der Waals surface area contributed by atoms with Gasteiger partial charge in [-0.25, -0.2) is 4.98 Å². The summed E-state index contributed by atoms with van der Waals surface area (Å²) in [6.45, 7) is 3.47. The number of rotatable bonds is 4. The summed E-state index contributed by atoms with van der Waals surface area (Å²) in [5.74, 6) is 0.924. The number of aromatic nitrogens is 2. The number of para-hydroxylation sites is 1. The van der Waals surface area contributed by atoms with Crippen LogP contribution in [-0.2, 0) is 19.5 Å². The zero-order valence-corrected chi connectivity index (χ0v) is 10.3. The molecule has 1 N–H and O–H groups in total. The van der Waals surface area contributed by atoms with Crippen LogP contribution >= 0.6 is 0 Å². The van der Waals surface area contributed by atoms with Crippen molar-refractivity contribution in [3.63, 3.8) is 0 Å². The van der Waals surface area contributed by atoms with E-state index in [1.807, 2.05) is 36.7 Å². The van der Waals surface area contributed by atoms with Gasteiger partial charge in [0.05, 0.1) is 18.6 Å². The Morgan fingerprint density at radius 3 is 3.06 bits per heavy atom. The molecule has 0 amide bonds. The maximum Gasteiger partial charge on any atom is 0.119 e. The van der Waals surface area contributed by atoms with Crippen molar-refractivity contribution in [3.05, 3.63) is 48.0 Å². The molecule has 1 aliphatic heterocycles. The number of ether oxygens (including phenoxy) is 1. The normalized spacial score (nSPS) is 14.2. The summed E-state index contributed by atoms with van der Waals surface area (Å²) in [4.78, 5) is 4.43. The van der Waals surface area contributed by atoms with Crippen molar-refractivity contribution in [3.8, 4) is 5.75 Å². The summed E-state index contributed by atoms with van der Waals surface area (Å²) in [6, 6.07) is 9.92. The summed E-state index contributed by atoms with van der Waals surface area (Å²) in [5, 5.41) is 3.33. The second-order valence-electron chi connectivity index (χ2n) is 4.42. The lowest BCUT2D eigenvalue weighted by molar-refractivity contribution is 0.296. The van der Waals surface area contributed by atoms with E-state index in [-0.39, 0.29) is 0 Å². The topological polar surface area (TPSA) is 39.1 Å². The first-order chi connectivity index (χ1) is 8.93. The fraction of sp³-hybridized carbons (Fsp3) is 0.357. The summed E-state index contributed by atoms with van der Waals surface area (Å²) in [7, 11) is 0. The monoisotopic (exact) mass is 243 g/mol. The van der Waals surface area contributed by atoms with Gasteiger partial charge in [-0.05, 0) is 12.1 Å². The molecule has 2 heterocycles. The van der Waals surface area contributed by atoms with Crippen LogP contribution in [0.15, 0.2) is 36.7 Å². The Morgan fingerprint density at radius 1 is 1.28 bits per heavy atom. The van der Waals surface area contributed by atoms with Crippen LogP contribution in [0.2, 0.25) is 0 Å². The molecule has 0 saturated heterocycles. The van der Waals surface area contributed by atoms with Crippen molar-refractivity contribution < 1.29 is 4.74 Å². The Bertz CT molecular complexity index is 507. The standard InChI is InChI=1S/C14H17N3O/c1-2-4-12(5-3-1)18-9-8-17-11-16-13-10-15-7-6-14(13)17/h1-5,11,15H,6-10H2. The molecule has 1 aromatic carbocycles. The minimum absolute atomic E-state index is 0.681. The molecule has 0 spiro atoms. The zero-order chi connectivity index (χ0) is 12.2. The minimum Gasteiger partial charge on any atom is -0.492 e. The minimum atomic E-state index is 0.681. The number of nitrogens with one attached hydrogen (secondary N) is 1. The second kappa shape index (κ2) is 5.23. The third kappa shape index (κ3) is 2.38. The molecule has 18 heavy (non-hydrogen) atoms. The Labute approximate surface area is 107 Å². The van der Waals surface area contributed by atoms with Gasteiger partial charge in [0.25, 0.3) is 0 Å². The lowest BCUT2D eigenvalue weighted by Gasteiger charge is -2.15. The van der Waals surface area contributed by atoms with Gasteiger partial charge in [0.2, 0.25) is 0 Å². The molecule has 3 rings (SSSR count). The van der Waals surface area contributed by atoms with Crippen LogP contribution in [0.3, 0.4) is 0 Å².